The lowest BCUT2D eigenvalue weighted by Crippen LogP contribution is -2.45. The zero-order chi connectivity index (χ0) is 18.1. The highest BCUT2D eigenvalue weighted by Gasteiger charge is 2.22. The first-order valence-corrected chi connectivity index (χ1v) is 10.2. The number of carbonyl (C=O) groups excluding carboxylic acids is 1. The molecule has 1 saturated carbocycles. The largest absolute Gasteiger partial charge is 0.356 e. The van der Waals surface area contributed by atoms with Crippen LogP contribution in [-0.4, -0.2) is 38.5 Å². The summed E-state index contributed by atoms with van der Waals surface area (Å²) in [5.41, 5.74) is 0.0565. The van der Waals surface area contributed by atoms with Crippen LogP contribution in [0.25, 0.3) is 0 Å². The Labute approximate surface area is 178 Å². The van der Waals surface area contributed by atoms with E-state index in [9.17, 15) is 4.79 Å². The minimum atomic E-state index is 0. The molecule has 1 fully saturated rings. The fraction of sp³-hybridized carbons (Fsp3) is 0.684. The number of aliphatic imine (C=N–C) groups is 1. The van der Waals surface area contributed by atoms with Gasteiger partial charge in [-0.05, 0) is 24.3 Å². The second-order valence-electron chi connectivity index (χ2n) is 7.34. The average Bonchev–Trinajstić information content (AvgIpc) is 3.17. The molecule has 1 aromatic heterocycles. The average molecular weight is 492 g/mol. The fourth-order valence-electron chi connectivity index (χ4n) is 3.15. The Kier molecular flexibility index (Phi) is 10.5. The summed E-state index contributed by atoms with van der Waals surface area (Å²) in [6.07, 6.45) is 5.73. The number of guanidine groups is 1. The summed E-state index contributed by atoms with van der Waals surface area (Å²) in [6, 6.07) is 4.26. The molecule has 148 valence electrons. The number of carbonyl (C=O) groups is 1. The SMILES string of the molecule is CN=C(NCCNC(=O)C1CCCCC1)NCC(C)(C)c1cccs1.I. The van der Waals surface area contributed by atoms with Gasteiger partial charge in [0, 0.05) is 42.9 Å². The third kappa shape index (κ3) is 7.42. The molecule has 1 heterocycles. The molecule has 0 atom stereocenters. The standard InChI is InChI=1S/C19H32N4OS.HI/c1-19(2,16-10-7-13-25-16)14-23-18(20-3)22-12-11-21-17(24)15-8-5-4-6-9-15;/h7,10,13,15H,4-6,8-9,11-12,14H2,1-3H3,(H,21,24)(H2,20,22,23);1H. The smallest absolute Gasteiger partial charge is 0.223 e. The number of rotatable bonds is 7. The minimum Gasteiger partial charge on any atom is -0.356 e. The van der Waals surface area contributed by atoms with Gasteiger partial charge in [-0.15, -0.1) is 35.3 Å². The van der Waals surface area contributed by atoms with Gasteiger partial charge in [-0.1, -0.05) is 39.2 Å². The highest BCUT2D eigenvalue weighted by Crippen LogP contribution is 2.26. The number of hydrogen-bond acceptors (Lipinski definition) is 3. The number of halogens is 1. The second-order valence-corrected chi connectivity index (χ2v) is 8.29. The van der Waals surface area contributed by atoms with E-state index in [1.165, 1.54) is 24.1 Å². The second kappa shape index (κ2) is 11.8. The van der Waals surface area contributed by atoms with Crippen LogP contribution in [0, 0.1) is 5.92 Å². The van der Waals surface area contributed by atoms with Crippen LogP contribution in [0.15, 0.2) is 22.5 Å². The number of nitrogens with one attached hydrogen (secondary N) is 3. The molecule has 0 aromatic carbocycles. The highest BCUT2D eigenvalue weighted by atomic mass is 127. The van der Waals surface area contributed by atoms with Crippen molar-refractivity contribution in [3.63, 3.8) is 0 Å². The Hall–Kier alpha value is -0.830. The van der Waals surface area contributed by atoms with E-state index >= 15 is 0 Å². The summed E-state index contributed by atoms with van der Waals surface area (Å²) in [6.45, 7) is 6.57. The molecule has 1 aliphatic rings. The summed E-state index contributed by atoms with van der Waals surface area (Å²) >= 11 is 1.78. The molecule has 5 nitrogen and oxygen atoms in total. The molecule has 2 rings (SSSR count). The molecule has 26 heavy (non-hydrogen) atoms. The van der Waals surface area contributed by atoms with Crippen LogP contribution >= 0.6 is 35.3 Å². The summed E-state index contributed by atoms with van der Waals surface area (Å²) in [5.74, 6) is 1.21. The van der Waals surface area contributed by atoms with Crippen LogP contribution in [0.1, 0.15) is 50.8 Å². The molecule has 0 spiro atoms. The van der Waals surface area contributed by atoms with Crippen LogP contribution < -0.4 is 16.0 Å². The van der Waals surface area contributed by atoms with Crippen molar-refractivity contribution in [2.75, 3.05) is 26.7 Å². The zero-order valence-corrected chi connectivity index (χ0v) is 19.3. The summed E-state index contributed by atoms with van der Waals surface area (Å²) < 4.78 is 0. The van der Waals surface area contributed by atoms with Gasteiger partial charge in [0.05, 0.1) is 0 Å². The monoisotopic (exact) mass is 492 g/mol. The van der Waals surface area contributed by atoms with E-state index in [4.69, 9.17) is 0 Å². The Morgan fingerprint density at radius 3 is 2.50 bits per heavy atom. The van der Waals surface area contributed by atoms with Crippen LogP contribution in [0.3, 0.4) is 0 Å². The maximum atomic E-state index is 12.1. The van der Waals surface area contributed by atoms with Crippen LogP contribution in [0.2, 0.25) is 0 Å². The van der Waals surface area contributed by atoms with E-state index in [0.29, 0.717) is 13.1 Å². The molecular formula is C19H33IN4OS. The van der Waals surface area contributed by atoms with E-state index in [-0.39, 0.29) is 41.2 Å². The van der Waals surface area contributed by atoms with E-state index < -0.39 is 0 Å². The van der Waals surface area contributed by atoms with Crippen molar-refractivity contribution in [3.8, 4) is 0 Å². The maximum Gasteiger partial charge on any atom is 0.223 e. The highest BCUT2D eigenvalue weighted by molar-refractivity contribution is 14.0. The number of nitrogens with zero attached hydrogens (tertiary/aromatic N) is 1. The lowest BCUT2D eigenvalue weighted by molar-refractivity contribution is -0.125. The molecule has 1 aliphatic carbocycles. The minimum absolute atomic E-state index is 0. The Bertz CT molecular complexity index is 554. The van der Waals surface area contributed by atoms with E-state index in [1.807, 2.05) is 0 Å². The number of hydrogen-bond donors (Lipinski definition) is 3. The van der Waals surface area contributed by atoms with Gasteiger partial charge < -0.3 is 16.0 Å². The predicted molar refractivity (Wildman–Crippen MR) is 122 cm³/mol. The fourth-order valence-corrected chi connectivity index (χ4v) is 4.00. The molecule has 0 bridgehead atoms. The molecule has 1 aromatic rings. The first-order valence-electron chi connectivity index (χ1n) is 9.29. The van der Waals surface area contributed by atoms with Crippen molar-refractivity contribution in [2.45, 2.75) is 51.4 Å². The first-order chi connectivity index (χ1) is 12.0. The molecule has 1 amide bonds. The van der Waals surface area contributed by atoms with Gasteiger partial charge in [0.1, 0.15) is 0 Å². The maximum absolute atomic E-state index is 12.1. The van der Waals surface area contributed by atoms with Gasteiger partial charge in [0.25, 0.3) is 0 Å². The summed E-state index contributed by atoms with van der Waals surface area (Å²) in [5, 5.41) is 11.8. The topological polar surface area (TPSA) is 65.5 Å². The molecule has 0 saturated heterocycles. The molecule has 7 heteroatoms. The zero-order valence-electron chi connectivity index (χ0n) is 16.1. The van der Waals surface area contributed by atoms with Crippen molar-refractivity contribution >= 4 is 47.2 Å². The third-order valence-corrected chi connectivity index (χ3v) is 6.04. The summed E-state index contributed by atoms with van der Waals surface area (Å²) in [4.78, 5) is 17.7. The van der Waals surface area contributed by atoms with Gasteiger partial charge in [-0.25, -0.2) is 0 Å². The van der Waals surface area contributed by atoms with Crippen LogP contribution in [0.4, 0.5) is 0 Å². The van der Waals surface area contributed by atoms with E-state index in [0.717, 1.165) is 25.3 Å². The molecular weight excluding hydrogens is 459 g/mol. The van der Waals surface area contributed by atoms with Gasteiger partial charge >= 0.3 is 0 Å². The van der Waals surface area contributed by atoms with Crippen molar-refractivity contribution in [1.82, 2.24) is 16.0 Å². The normalized spacial score (nSPS) is 15.9. The molecule has 0 radical (unpaired) electrons. The number of thiophene rings is 1. The van der Waals surface area contributed by atoms with E-state index in [1.54, 1.807) is 18.4 Å². The number of amides is 1. The lowest BCUT2D eigenvalue weighted by Gasteiger charge is -2.25. The van der Waals surface area contributed by atoms with Crippen LogP contribution in [0.5, 0.6) is 0 Å². The third-order valence-electron chi connectivity index (χ3n) is 4.80. The molecule has 0 aliphatic heterocycles. The van der Waals surface area contributed by atoms with Crippen molar-refractivity contribution in [3.05, 3.63) is 22.4 Å². The lowest BCUT2D eigenvalue weighted by atomic mass is 9.89. The Balaban J connectivity index is 0.00000338. The van der Waals surface area contributed by atoms with Gasteiger partial charge in [-0.3, -0.25) is 9.79 Å². The van der Waals surface area contributed by atoms with Gasteiger partial charge in [-0.2, -0.15) is 0 Å². The summed E-state index contributed by atoms with van der Waals surface area (Å²) in [7, 11) is 1.77. The van der Waals surface area contributed by atoms with Gasteiger partial charge in [0.2, 0.25) is 5.91 Å². The van der Waals surface area contributed by atoms with Crippen molar-refractivity contribution in [1.29, 1.82) is 0 Å². The Morgan fingerprint density at radius 1 is 1.19 bits per heavy atom. The van der Waals surface area contributed by atoms with Crippen LogP contribution in [-0.2, 0) is 10.2 Å². The molecule has 3 N–H and O–H groups in total. The molecule has 0 unspecified atom stereocenters. The first kappa shape index (κ1) is 23.2. The predicted octanol–water partition coefficient (Wildman–Crippen LogP) is 3.51. The quantitative estimate of drug-likeness (QED) is 0.236. The van der Waals surface area contributed by atoms with Crippen molar-refractivity contribution in [2.24, 2.45) is 10.9 Å². The van der Waals surface area contributed by atoms with E-state index in [2.05, 4.69) is 52.3 Å². The van der Waals surface area contributed by atoms with Crippen molar-refractivity contribution < 1.29 is 4.79 Å². The van der Waals surface area contributed by atoms with Gasteiger partial charge in [0.15, 0.2) is 5.96 Å². The Morgan fingerprint density at radius 2 is 1.88 bits per heavy atom.